The number of ether oxygens (including phenoxy) is 2. The van der Waals surface area contributed by atoms with E-state index in [0.717, 1.165) is 23.1 Å². The minimum atomic E-state index is -0.172. The fraction of sp³-hybridized carbons (Fsp3) is 0.261. The van der Waals surface area contributed by atoms with Gasteiger partial charge in [0.15, 0.2) is 11.6 Å². The predicted octanol–water partition coefficient (Wildman–Crippen LogP) is 2.56. The number of hydrogen-bond acceptors (Lipinski definition) is 7. The second-order valence-corrected chi connectivity index (χ2v) is 7.25. The van der Waals surface area contributed by atoms with Crippen molar-refractivity contribution in [3.05, 3.63) is 77.1 Å². The molecule has 4 aromatic rings. The van der Waals surface area contributed by atoms with Crippen molar-refractivity contribution in [2.45, 2.75) is 13.0 Å². The van der Waals surface area contributed by atoms with Crippen LogP contribution in [-0.4, -0.2) is 49.9 Å². The maximum absolute atomic E-state index is 12.4. The van der Waals surface area contributed by atoms with Crippen molar-refractivity contribution in [3.8, 4) is 28.4 Å². The zero-order valence-electron chi connectivity index (χ0n) is 18.0. The van der Waals surface area contributed by atoms with Crippen LogP contribution in [0.15, 0.2) is 66.0 Å². The average Bonchev–Trinajstić information content (AvgIpc) is 3.25. The molecular formula is C23H24N6O3. The number of aromatic nitrogens is 6. The lowest BCUT2D eigenvalue weighted by atomic mass is 10.1. The minimum Gasteiger partial charge on any atom is -0.490 e. The van der Waals surface area contributed by atoms with Crippen LogP contribution < -0.4 is 10.3 Å². The highest BCUT2D eigenvalue weighted by Crippen LogP contribution is 2.19. The molecule has 9 heteroatoms. The smallest absolute Gasteiger partial charge is 0.267 e. The molecule has 0 N–H and O–H groups in total. The van der Waals surface area contributed by atoms with Gasteiger partial charge < -0.3 is 9.47 Å². The lowest BCUT2D eigenvalue weighted by Crippen LogP contribution is -2.22. The maximum Gasteiger partial charge on any atom is 0.267 e. The van der Waals surface area contributed by atoms with Crippen molar-refractivity contribution in [1.82, 2.24) is 29.5 Å². The second-order valence-electron chi connectivity index (χ2n) is 7.25. The highest BCUT2D eigenvalue weighted by atomic mass is 16.5. The van der Waals surface area contributed by atoms with E-state index < -0.39 is 0 Å². The molecule has 4 rings (SSSR count). The average molecular weight is 432 g/mol. The summed E-state index contributed by atoms with van der Waals surface area (Å²) in [5.74, 6) is 1.20. The van der Waals surface area contributed by atoms with Crippen molar-refractivity contribution < 1.29 is 9.47 Å². The minimum absolute atomic E-state index is 0.172. The fourth-order valence-electron chi connectivity index (χ4n) is 3.18. The van der Waals surface area contributed by atoms with Crippen molar-refractivity contribution in [2.75, 3.05) is 20.3 Å². The van der Waals surface area contributed by atoms with E-state index in [0.29, 0.717) is 37.0 Å². The van der Waals surface area contributed by atoms with Gasteiger partial charge in [-0.3, -0.25) is 9.48 Å². The Morgan fingerprint density at radius 2 is 1.84 bits per heavy atom. The third-order valence-electron chi connectivity index (χ3n) is 4.77. The molecule has 1 aromatic carbocycles. The van der Waals surface area contributed by atoms with Crippen LogP contribution in [0.2, 0.25) is 0 Å². The maximum atomic E-state index is 12.4. The van der Waals surface area contributed by atoms with E-state index in [1.54, 1.807) is 36.4 Å². The van der Waals surface area contributed by atoms with Crippen LogP contribution in [0.25, 0.3) is 22.6 Å². The molecule has 0 aliphatic rings. The summed E-state index contributed by atoms with van der Waals surface area (Å²) in [6, 6.07) is 11.0. The molecule has 0 unspecified atom stereocenters. The van der Waals surface area contributed by atoms with Gasteiger partial charge in [0, 0.05) is 50.6 Å². The molecule has 164 valence electrons. The van der Waals surface area contributed by atoms with E-state index in [2.05, 4.69) is 20.2 Å². The van der Waals surface area contributed by atoms with Gasteiger partial charge in [-0.25, -0.2) is 14.6 Å². The summed E-state index contributed by atoms with van der Waals surface area (Å²) in [6.07, 6.45) is 7.70. The first-order valence-corrected chi connectivity index (χ1v) is 10.2. The molecule has 0 atom stereocenters. The Morgan fingerprint density at radius 3 is 2.59 bits per heavy atom. The highest BCUT2D eigenvalue weighted by Gasteiger charge is 2.08. The first kappa shape index (κ1) is 21.4. The molecule has 0 fully saturated rings. The fourth-order valence-corrected chi connectivity index (χ4v) is 3.18. The zero-order chi connectivity index (χ0) is 22.3. The van der Waals surface area contributed by atoms with Crippen LogP contribution in [0.5, 0.6) is 5.75 Å². The summed E-state index contributed by atoms with van der Waals surface area (Å²) < 4.78 is 13.8. The standard InChI is InChI=1S/C23H24N6O3/c1-28-16-19(12-26-28)21-7-8-22(30)29(27-21)15-17-5-3-6-18(11-17)23-24-13-20(14-25-23)32-10-4-9-31-2/h3,5-8,11-14,16H,4,9-10,15H2,1-2H3. The molecule has 3 heterocycles. The Morgan fingerprint density at radius 1 is 1.00 bits per heavy atom. The van der Waals surface area contributed by atoms with Crippen molar-refractivity contribution in [3.63, 3.8) is 0 Å². The van der Waals surface area contributed by atoms with E-state index in [4.69, 9.17) is 9.47 Å². The Bertz CT molecular complexity index is 1230. The molecule has 32 heavy (non-hydrogen) atoms. The third kappa shape index (κ3) is 5.25. The Balaban J connectivity index is 1.49. The summed E-state index contributed by atoms with van der Waals surface area (Å²) in [7, 11) is 3.50. The van der Waals surface area contributed by atoms with Gasteiger partial charge in [-0.05, 0) is 17.7 Å². The van der Waals surface area contributed by atoms with E-state index >= 15 is 0 Å². The van der Waals surface area contributed by atoms with Gasteiger partial charge in [-0.2, -0.15) is 10.2 Å². The topological polar surface area (TPSA) is 97.0 Å². The first-order chi connectivity index (χ1) is 15.6. The Hall–Kier alpha value is -3.85. The molecule has 0 aliphatic heterocycles. The van der Waals surface area contributed by atoms with Gasteiger partial charge in [-0.1, -0.05) is 18.2 Å². The van der Waals surface area contributed by atoms with E-state index in [1.807, 2.05) is 37.5 Å². The number of nitrogens with zero attached hydrogens (tertiary/aromatic N) is 6. The number of benzene rings is 1. The zero-order valence-corrected chi connectivity index (χ0v) is 18.0. The summed E-state index contributed by atoms with van der Waals surface area (Å²) in [4.78, 5) is 21.2. The normalized spacial score (nSPS) is 10.9. The van der Waals surface area contributed by atoms with Gasteiger partial charge in [-0.15, -0.1) is 0 Å². The predicted molar refractivity (Wildman–Crippen MR) is 119 cm³/mol. The molecule has 3 aromatic heterocycles. The number of rotatable bonds is 9. The summed E-state index contributed by atoms with van der Waals surface area (Å²) in [5, 5.41) is 8.67. The van der Waals surface area contributed by atoms with Crippen molar-refractivity contribution in [1.29, 1.82) is 0 Å². The molecule has 0 saturated carbocycles. The Labute approximate surface area is 185 Å². The third-order valence-corrected chi connectivity index (χ3v) is 4.77. The van der Waals surface area contributed by atoms with Gasteiger partial charge in [0.05, 0.1) is 37.4 Å². The van der Waals surface area contributed by atoms with Crippen LogP contribution in [0, 0.1) is 0 Å². The van der Waals surface area contributed by atoms with E-state index in [9.17, 15) is 4.79 Å². The Kier molecular flexibility index (Phi) is 6.66. The lowest BCUT2D eigenvalue weighted by molar-refractivity contribution is 0.172. The molecule has 9 nitrogen and oxygen atoms in total. The molecule has 0 spiro atoms. The van der Waals surface area contributed by atoms with Crippen LogP contribution in [0.1, 0.15) is 12.0 Å². The van der Waals surface area contributed by atoms with Crippen molar-refractivity contribution in [2.24, 2.45) is 7.05 Å². The van der Waals surface area contributed by atoms with Crippen LogP contribution in [0.4, 0.5) is 0 Å². The summed E-state index contributed by atoms with van der Waals surface area (Å²) in [6.45, 7) is 1.53. The molecule has 0 radical (unpaired) electrons. The molecular weight excluding hydrogens is 408 g/mol. The number of hydrogen-bond donors (Lipinski definition) is 0. The van der Waals surface area contributed by atoms with Gasteiger partial charge >= 0.3 is 0 Å². The molecule has 0 amide bonds. The van der Waals surface area contributed by atoms with Gasteiger partial charge in [0.1, 0.15) is 0 Å². The lowest BCUT2D eigenvalue weighted by Gasteiger charge is -2.09. The van der Waals surface area contributed by atoms with E-state index in [1.165, 1.54) is 10.7 Å². The van der Waals surface area contributed by atoms with Crippen LogP contribution >= 0.6 is 0 Å². The van der Waals surface area contributed by atoms with Gasteiger partial charge in [0.2, 0.25) is 0 Å². The SMILES string of the molecule is COCCCOc1cnc(-c2cccc(Cn3nc(-c4cnn(C)c4)ccc3=O)c2)nc1. The van der Waals surface area contributed by atoms with Crippen LogP contribution in [0.3, 0.4) is 0 Å². The largest absolute Gasteiger partial charge is 0.490 e. The number of methoxy groups -OCH3 is 1. The first-order valence-electron chi connectivity index (χ1n) is 10.2. The highest BCUT2D eigenvalue weighted by molar-refractivity contribution is 5.57. The number of aryl methyl sites for hydroxylation is 1. The van der Waals surface area contributed by atoms with Crippen LogP contribution in [-0.2, 0) is 18.3 Å². The molecule has 0 bridgehead atoms. The second kappa shape index (κ2) is 9.97. The monoisotopic (exact) mass is 432 g/mol. The quantitative estimate of drug-likeness (QED) is 0.375. The van der Waals surface area contributed by atoms with Crippen molar-refractivity contribution >= 4 is 0 Å². The molecule has 0 saturated heterocycles. The molecule has 0 aliphatic carbocycles. The summed E-state index contributed by atoms with van der Waals surface area (Å²) in [5.41, 5.74) is 3.15. The van der Waals surface area contributed by atoms with E-state index in [-0.39, 0.29) is 5.56 Å². The van der Waals surface area contributed by atoms with Gasteiger partial charge in [0.25, 0.3) is 5.56 Å². The summed E-state index contributed by atoms with van der Waals surface area (Å²) >= 11 is 0.